The van der Waals surface area contributed by atoms with Crippen molar-refractivity contribution < 1.29 is 21.6 Å². The van der Waals surface area contributed by atoms with Gasteiger partial charge >= 0.3 is 6.18 Å². The summed E-state index contributed by atoms with van der Waals surface area (Å²) in [5, 5.41) is 15.1. The van der Waals surface area contributed by atoms with Crippen LogP contribution >= 0.6 is 11.3 Å². The second kappa shape index (κ2) is 13.3. The molecule has 2 fully saturated rings. The molecule has 0 saturated carbocycles. The predicted octanol–water partition coefficient (Wildman–Crippen LogP) is 4.97. The van der Waals surface area contributed by atoms with E-state index in [4.69, 9.17) is 0 Å². The first-order chi connectivity index (χ1) is 22.3. The number of nitrogens with zero attached hydrogens (tertiary/aromatic N) is 7. The molecule has 1 unspecified atom stereocenters. The van der Waals surface area contributed by atoms with Gasteiger partial charge in [0.2, 0.25) is 10.0 Å². The van der Waals surface area contributed by atoms with E-state index in [0.717, 1.165) is 66.8 Å². The molecule has 15 heteroatoms. The Balaban J connectivity index is 1.08. The molecule has 47 heavy (non-hydrogen) atoms. The summed E-state index contributed by atoms with van der Waals surface area (Å²) in [6.45, 7) is 9.63. The van der Waals surface area contributed by atoms with E-state index in [9.17, 15) is 26.9 Å². The summed E-state index contributed by atoms with van der Waals surface area (Å²) in [5.74, 6) is 0.586. The average molecular weight is 689 g/mol. The number of nitrogens with one attached hydrogen (secondary N) is 1. The van der Waals surface area contributed by atoms with Gasteiger partial charge in [-0.15, -0.1) is 11.3 Å². The van der Waals surface area contributed by atoms with Crippen LogP contribution in [-0.2, 0) is 29.5 Å². The lowest BCUT2D eigenvalue weighted by molar-refractivity contribution is -0.126. The van der Waals surface area contributed by atoms with Crippen LogP contribution in [0.2, 0.25) is 0 Å². The zero-order chi connectivity index (χ0) is 33.5. The van der Waals surface area contributed by atoms with Gasteiger partial charge in [0.25, 0.3) is 0 Å². The summed E-state index contributed by atoms with van der Waals surface area (Å²) in [4.78, 5) is 14.0. The minimum absolute atomic E-state index is 0.0900. The second-order valence-corrected chi connectivity index (χ2v) is 15.8. The van der Waals surface area contributed by atoms with E-state index in [1.54, 1.807) is 6.07 Å². The molecule has 3 aromatic heterocycles. The molecule has 252 valence electrons. The molecular weight excluding hydrogens is 650 g/mol. The number of aromatic nitrogens is 3. The standard InChI is InChI=1S/C32H39F3N8O2S2/c1-21-18-42(47(3,44)45)12-10-41(21)11-13-43-25(17-36)14-27-22(2)23(4-5-29(27)43)19-40-8-6-24(7-9-40)39-30-28-15-26(16-32(33,34)35)46-31(28)38-20-37-30/h4-5,14-15,20-21,24H,6-13,16,18-19H2,1-3H3,(H,37,38,39). The van der Waals surface area contributed by atoms with Crippen molar-refractivity contribution in [3.05, 3.63) is 52.3 Å². The van der Waals surface area contributed by atoms with E-state index in [1.165, 1.54) is 22.5 Å². The molecule has 2 aliphatic heterocycles. The Labute approximate surface area is 276 Å². The second-order valence-electron chi connectivity index (χ2n) is 12.7. The summed E-state index contributed by atoms with van der Waals surface area (Å²) in [5.41, 5.74) is 4.01. The van der Waals surface area contributed by atoms with Crippen LogP contribution < -0.4 is 5.32 Å². The number of piperidine rings is 1. The molecule has 1 aromatic carbocycles. The number of hydrogen-bond donors (Lipinski definition) is 1. The number of rotatable bonds is 9. The number of thiophene rings is 1. The SMILES string of the molecule is Cc1c(CN2CCC(Nc3ncnc4sc(CC(F)(F)F)cc34)CC2)ccc2c1cc(C#N)n2CCN1CCN(S(C)(=O)=O)CC1C. The molecule has 0 spiro atoms. The highest BCUT2D eigenvalue weighted by Gasteiger charge is 2.30. The maximum absolute atomic E-state index is 12.9. The summed E-state index contributed by atoms with van der Waals surface area (Å²) in [7, 11) is -3.21. The molecule has 1 N–H and O–H groups in total. The van der Waals surface area contributed by atoms with Gasteiger partial charge in [0.05, 0.1) is 18.1 Å². The van der Waals surface area contributed by atoms with Crippen molar-refractivity contribution in [1.82, 2.24) is 28.6 Å². The lowest BCUT2D eigenvalue weighted by Crippen LogP contribution is -2.53. The number of anilines is 1. The molecule has 1 atom stereocenters. The maximum Gasteiger partial charge on any atom is 0.393 e. The largest absolute Gasteiger partial charge is 0.393 e. The Hall–Kier alpha value is -3.29. The van der Waals surface area contributed by atoms with Crippen LogP contribution in [0, 0.1) is 18.3 Å². The Morgan fingerprint density at radius 1 is 1.09 bits per heavy atom. The fourth-order valence-corrected chi connectivity index (χ4v) is 8.75. The number of hydrogen-bond acceptors (Lipinski definition) is 9. The fraction of sp³-hybridized carbons (Fsp3) is 0.531. The van der Waals surface area contributed by atoms with Crippen molar-refractivity contribution >= 4 is 48.3 Å². The zero-order valence-electron chi connectivity index (χ0n) is 26.7. The lowest BCUT2D eigenvalue weighted by atomic mass is 10.0. The number of fused-ring (bicyclic) bond motifs is 2. The Bertz CT molecular complexity index is 1910. The van der Waals surface area contributed by atoms with Gasteiger partial charge in [-0.25, -0.2) is 18.4 Å². The van der Waals surface area contributed by atoms with Crippen molar-refractivity contribution in [2.24, 2.45) is 0 Å². The number of likely N-dealkylation sites (tertiary alicyclic amines) is 1. The Morgan fingerprint density at radius 3 is 2.53 bits per heavy atom. The maximum atomic E-state index is 12.9. The quantitative estimate of drug-likeness (QED) is 0.263. The third-order valence-electron chi connectivity index (χ3n) is 9.47. The first-order valence-electron chi connectivity index (χ1n) is 15.8. The fourth-order valence-electron chi connectivity index (χ4n) is 6.82. The number of sulfonamides is 1. The minimum Gasteiger partial charge on any atom is -0.367 e. The molecular formula is C32H39F3N8O2S2. The molecule has 0 bridgehead atoms. The number of piperazine rings is 1. The van der Waals surface area contributed by atoms with Crippen LogP contribution in [0.4, 0.5) is 19.0 Å². The van der Waals surface area contributed by atoms with Crippen molar-refractivity contribution in [3.63, 3.8) is 0 Å². The monoisotopic (exact) mass is 688 g/mol. The molecule has 0 aliphatic carbocycles. The highest BCUT2D eigenvalue weighted by atomic mass is 32.2. The third kappa shape index (κ3) is 7.57. The van der Waals surface area contributed by atoms with Gasteiger partial charge in [-0.2, -0.15) is 22.7 Å². The van der Waals surface area contributed by atoms with E-state index in [1.807, 2.05) is 13.0 Å². The summed E-state index contributed by atoms with van der Waals surface area (Å²) < 4.78 is 66.4. The van der Waals surface area contributed by atoms with Crippen LogP contribution in [0.1, 0.15) is 41.5 Å². The lowest BCUT2D eigenvalue weighted by Gasteiger charge is -2.38. The average Bonchev–Trinajstić information content (AvgIpc) is 3.58. The topological polar surface area (TPSA) is 110 Å². The molecule has 0 radical (unpaired) electrons. The van der Waals surface area contributed by atoms with Crippen molar-refractivity contribution in [2.45, 2.75) is 64.5 Å². The smallest absolute Gasteiger partial charge is 0.367 e. The summed E-state index contributed by atoms with van der Waals surface area (Å²) in [6, 6.07) is 10.4. The molecule has 2 saturated heterocycles. The van der Waals surface area contributed by atoms with Gasteiger partial charge < -0.3 is 9.88 Å². The molecule has 10 nitrogen and oxygen atoms in total. The molecule has 6 rings (SSSR count). The first-order valence-corrected chi connectivity index (χ1v) is 18.5. The Morgan fingerprint density at radius 2 is 1.85 bits per heavy atom. The normalized spacial score (nSPS) is 19.5. The summed E-state index contributed by atoms with van der Waals surface area (Å²) >= 11 is 1.06. The van der Waals surface area contributed by atoms with E-state index in [-0.39, 0.29) is 17.0 Å². The highest BCUT2D eigenvalue weighted by Crippen LogP contribution is 2.33. The number of benzene rings is 1. The number of halogens is 3. The van der Waals surface area contributed by atoms with E-state index in [0.29, 0.717) is 47.9 Å². The van der Waals surface area contributed by atoms with Crippen LogP contribution in [0.15, 0.2) is 30.6 Å². The third-order valence-corrected chi connectivity index (χ3v) is 11.8. The van der Waals surface area contributed by atoms with Gasteiger partial charge in [-0.3, -0.25) is 9.80 Å². The van der Waals surface area contributed by atoms with E-state index in [2.05, 4.69) is 54.8 Å². The molecule has 2 aliphatic rings. The van der Waals surface area contributed by atoms with Gasteiger partial charge in [-0.1, -0.05) is 6.07 Å². The number of aryl methyl sites for hydroxylation is 1. The van der Waals surface area contributed by atoms with Crippen LogP contribution in [0.25, 0.3) is 21.1 Å². The summed E-state index contributed by atoms with van der Waals surface area (Å²) in [6.07, 6.45) is -0.828. The zero-order valence-corrected chi connectivity index (χ0v) is 28.4. The van der Waals surface area contributed by atoms with Crippen molar-refractivity contribution in [2.75, 3.05) is 50.8 Å². The van der Waals surface area contributed by atoms with Crippen LogP contribution in [0.5, 0.6) is 0 Å². The number of nitriles is 1. The van der Waals surface area contributed by atoms with Crippen LogP contribution in [0.3, 0.4) is 0 Å². The van der Waals surface area contributed by atoms with Gasteiger partial charge in [-0.05, 0) is 56.0 Å². The molecule has 0 amide bonds. The predicted molar refractivity (Wildman–Crippen MR) is 178 cm³/mol. The van der Waals surface area contributed by atoms with E-state index < -0.39 is 22.6 Å². The van der Waals surface area contributed by atoms with Gasteiger partial charge in [0.15, 0.2) is 0 Å². The minimum atomic E-state index is -4.26. The van der Waals surface area contributed by atoms with Crippen molar-refractivity contribution in [3.8, 4) is 6.07 Å². The van der Waals surface area contributed by atoms with E-state index >= 15 is 0 Å². The number of alkyl halides is 3. The first kappa shape index (κ1) is 33.6. The Kier molecular flexibility index (Phi) is 9.52. The van der Waals surface area contributed by atoms with Gasteiger partial charge in [0, 0.05) is 80.2 Å². The van der Waals surface area contributed by atoms with Crippen molar-refractivity contribution in [1.29, 1.82) is 5.26 Å². The molecule has 5 heterocycles. The molecule has 4 aromatic rings. The highest BCUT2D eigenvalue weighted by molar-refractivity contribution is 7.88. The van der Waals surface area contributed by atoms with Crippen LogP contribution in [-0.4, -0.2) is 101 Å². The van der Waals surface area contributed by atoms with Gasteiger partial charge in [0.1, 0.15) is 28.7 Å².